The van der Waals surface area contributed by atoms with Crippen LogP contribution in [0.2, 0.25) is 0 Å². The van der Waals surface area contributed by atoms with E-state index in [0.717, 1.165) is 0 Å². The van der Waals surface area contributed by atoms with Gasteiger partial charge in [-0.05, 0) is 32.0 Å². The Bertz CT molecular complexity index is 494. The second-order valence-corrected chi connectivity index (χ2v) is 5.80. The zero-order chi connectivity index (χ0) is 14.3. The molecule has 20 heavy (non-hydrogen) atoms. The molecule has 1 aromatic carbocycles. The SMILES string of the molecule is COc1ccc(C2(O)CC3COCC(C2)N3C)c(F)c1. The van der Waals surface area contributed by atoms with E-state index in [1.165, 1.54) is 13.2 Å². The zero-order valence-corrected chi connectivity index (χ0v) is 11.8. The highest BCUT2D eigenvalue weighted by Crippen LogP contribution is 2.41. The summed E-state index contributed by atoms with van der Waals surface area (Å²) in [6.07, 6.45) is 0.979. The van der Waals surface area contributed by atoms with Gasteiger partial charge in [0.15, 0.2) is 0 Å². The van der Waals surface area contributed by atoms with Crippen LogP contribution in [0.15, 0.2) is 18.2 Å². The molecule has 4 nitrogen and oxygen atoms in total. The maximum Gasteiger partial charge on any atom is 0.132 e. The summed E-state index contributed by atoms with van der Waals surface area (Å²) in [5.41, 5.74) is -0.759. The van der Waals surface area contributed by atoms with Gasteiger partial charge in [-0.25, -0.2) is 4.39 Å². The molecule has 2 atom stereocenters. The van der Waals surface area contributed by atoms with Gasteiger partial charge < -0.3 is 14.6 Å². The summed E-state index contributed by atoms with van der Waals surface area (Å²) in [5, 5.41) is 10.9. The minimum Gasteiger partial charge on any atom is -0.497 e. The molecule has 2 unspecified atom stereocenters. The molecule has 110 valence electrons. The Morgan fingerprint density at radius 1 is 1.35 bits per heavy atom. The standard InChI is InChI=1S/C15H20FNO3/c1-17-10-6-15(18,7-11(17)9-20-8-10)13-4-3-12(19-2)5-14(13)16/h3-5,10-11,18H,6-9H2,1-2H3. The van der Waals surface area contributed by atoms with Gasteiger partial charge in [-0.15, -0.1) is 0 Å². The van der Waals surface area contributed by atoms with Gasteiger partial charge in [0.05, 0.1) is 25.9 Å². The second-order valence-electron chi connectivity index (χ2n) is 5.80. The van der Waals surface area contributed by atoms with Gasteiger partial charge in [0.25, 0.3) is 0 Å². The number of nitrogens with zero attached hydrogens (tertiary/aromatic N) is 1. The topological polar surface area (TPSA) is 41.9 Å². The van der Waals surface area contributed by atoms with Gasteiger partial charge >= 0.3 is 0 Å². The number of halogens is 1. The number of ether oxygens (including phenoxy) is 2. The van der Waals surface area contributed by atoms with E-state index in [1.807, 2.05) is 7.05 Å². The molecule has 2 bridgehead atoms. The molecule has 5 heteroatoms. The van der Waals surface area contributed by atoms with Crippen molar-refractivity contribution >= 4 is 0 Å². The van der Waals surface area contributed by atoms with Crippen LogP contribution in [0.4, 0.5) is 4.39 Å². The van der Waals surface area contributed by atoms with Crippen LogP contribution in [0.25, 0.3) is 0 Å². The van der Waals surface area contributed by atoms with Crippen LogP contribution in [0.3, 0.4) is 0 Å². The number of hydrogen-bond acceptors (Lipinski definition) is 4. The third-order valence-corrected chi connectivity index (χ3v) is 4.60. The molecule has 0 spiro atoms. The number of likely N-dealkylation sites (N-methyl/N-ethyl adjacent to an activating group) is 1. The molecular formula is C15H20FNO3. The molecule has 3 rings (SSSR count). The minimum absolute atomic E-state index is 0.133. The largest absolute Gasteiger partial charge is 0.497 e. The number of fused-ring (bicyclic) bond motifs is 2. The zero-order valence-electron chi connectivity index (χ0n) is 11.8. The van der Waals surface area contributed by atoms with Gasteiger partial charge in [0.2, 0.25) is 0 Å². The molecule has 0 radical (unpaired) electrons. The van der Waals surface area contributed by atoms with Crippen LogP contribution in [0.5, 0.6) is 5.75 Å². The first kappa shape index (κ1) is 13.8. The summed E-state index contributed by atoms with van der Waals surface area (Å²) in [5.74, 6) is 0.0571. The maximum atomic E-state index is 14.3. The Kier molecular flexibility index (Phi) is 3.44. The summed E-state index contributed by atoms with van der Waals surface area (Å²) >= 11 is 0. The summed E-state index contributed by atoms with van der Waals surface area (Å²) in [7, 11) is 3.54. The van der Waals surface area contributed by atoms with Crippen molar-refractivity contribution in [1.29, 1.82) is 0 Å². The van der Waals surface area contributed by atoms with E-state index in [9.17, 15) is 9.50 Å². The monoisotopic (exact) mass is 281 g/mol. The van der Waals surface area contributed by atoms with Crippen LogP contribution >= 0.6 is 0 Å². The Hall–Kier alpha value is -1.17. The molecule has 2 aliphatic heterocycles. The maximum absolute atomic E-state index is 14.3. The van der Waals surface area contributed by atoms with Crippen LogP contribution in [0, 0.1) is 5.82 Å². The van der Waals surface area contributed by atoms with Crippen molar-refractivity contribution in [2.45, 2.75) is 30.5 Å². The quantitative estimate of drug-likeness (QED) is 0.892. The second kappa shape index (κ2) is 4.98. The van der Waals surface area contributed by atoms with Crippen molar-refractivity contribution < 1.29 is 19.0 Å². The highest BCUT2D eigenvalue weighted by molar-refractivity contribution is 5.33. The third kappa shape index (κ3) is 2.20. The van der Waals surface area contributed by atoms with Crippen molar-refractivity contribution in [3.8, 4) is 5.75 Å². The first-order chi connectivity index (χ1) is 9.53. The molecule has 2 aliphatic rings. The molecule has 2 heterocycles. The summed E-state index contributed by atoms with van der Waals surface area (Å²) in [6, 6.07) is 4.93. The average molecular weight is 281 g/mol. The highest BCUT2D eigenvalue weighted by Gasteiger charge is 2.46. The summed E-state index contributed by atoms with van der Waals surface area (Å²) < 4.78 is 24.8. The van der Waals surface area contributed by atoms with E-state index < -0.39 is 11.4 Å². The molecule has 0 saturated carbocycles. The van der Waals surface area contributed by atoms with E-state index in [2.05, 4.69) is 4.90 Å². The third-order valence-electron chi connectivity index (χ3n) is 4.60. The van der Waals surface area contributed by atoms with E-state index >= 15 is 0 Å². The predicted molar refractivity (Wildman–Crippen MR) is 72.2 cm³/mol. The van der Waals surface area contributed by atoms with Crippen LogP contribution < -0.4 is 4.74 Å². The predicted octanol–water partition coefficient (Wildman–Crippen LogP) is 1.51. The fourth-order valence-corrected chi connectivity index (χ4v) is 3.36. The van der Waals surface area contributed by atoms with Gasteiger partial charge in [0, 0.05) is 23.7 Å². The lowest BCUT2D eigenvalue weighted by molar-refractivity contribution is -0.138. The molecule has 0 amide bonds. The van der Waals surface area contributed by atoms with Crippen molar-refractivity contribution in [1.82, 2.24) is 4.90 Å². The van der Waals surface area contributed by atoms with Crippen molar-refractivity contribution in [2.75, 3.05) is 27.4 Å². The Labute approximate surface area is 118 Å². The number of rotatable bonds is 2. The molecule has 1 aromatic rings. The van der Waals surface area contributed by atoms with E-state index in [0.29, 0.717) is 37.4 Å². The number of benzene rings is 1. The van der Waals surface area contributed by atoms with Crippen molar-refractivity contribution in [3.63, 3.8) is 0 Å². The Balaban J connectivity index is 1.93. The van der Waals surface area contributed by atoms with Gasteiger partial charge in [-0.3, -0.25) is 4.90 Å². The number of morpholine rings is 1. The molecule has 0 aromatic heterocycles. The highest BCUT2D eigenvalue weighted by atomic mass is 19.1. The van der Waals surface area contributed by atoms with Crippen LogP contribution in [0.1, 0.15) is 18.4 Å². The fraction of sp³-hybridized carbons (Fsp3) is 0.600. The van der Waals surface area contributed by atoms with Gasteiger partial charge in [-0.1, -0.05) is 0 Å². The fourth-order valence-electron chi connectivity index (χ4n) is 3.36. The van der Waals surface area contributed by atoms with Gasteiger partial charge in [0.1, 0.15) is 11.6 Å². The first-order valence-corrected chi connectivity index (χ1v) is 6.89. The average Bonchev–Trinajstić information content (AvgIpc) is 2.40. The van der Waals surface area contributed by atoms with Crippen LogP contribution in [-0.4, -0.2) is 49.5 Å². The van der Waals surface area contributed by atoms with E-state index in [1.54, 1.807) is 12.1 Å². The lowest BCUT2D eigenvalue weighted by Gasteiger charge is -2.50. The summed E-state index contributed by atoms with van der Waals surface area (Å²) in [6.45, 7) is 1.18. The van der Waals surface area contributed by atoms with E-state index in [-0.39, 0.29) is 12.1 Å². The molecule has 1 N–H and O–H groups in total. The lowest BCUT2D eigenvalue weighted by Crippen LogP contribution is -2.59. The normalized spacial score (nSPS) is 34.0. The molecule has 2 saturated heterocycles. The number of aliphatic hydroxyl groups is 1. The van der Waals surface area contributed by atoms with E-state index in [4.69, 9.17) is 9.47 Å². The van der Waals surface area contributed by atoms with Crippen molar-refractivity contribution in [2.24, 2.45) is 0 Å². The Morgan fingerprint density at radius 3 is 2.55 bits per heavy atom. The number of hydrogen-bond donors (Lipinski definition) is 1. The lowest BCUT2D eigenvalue weighted by atomic mass is 9.77. The van der Waals surface area contributed by atoms with Crippen molar-refractivity contribution in [3.05, 3.63) is 29.6 Å². The summed E-state index contributed by atoms with van der Waals surface area (Å²) in [4.78, 5) is 2.24. The van der Waals surface area contributed by atoms with Gasteiger partial charge in [-0.2, -0.15) is 0 Å². The number of methoxy groups -OCH3 is 1. The molecule has 0 aliphatic carbocycles. The smallest absolute Gasteiger partial charge is 0.132 e. The molecule has 2 fully saturated rings. The Morgan fingerprint density at radius 2 is 2.00 bits per heavy atom. The minimum atomic E-state index is -1.12. The first-order valence-electron chi connectivity index (χ1n) is 6.89. The molecular weight excluding hydrogens is 261 g/mol. The number of piperidine rings is 1. The van der Waals surface area contributed by atoms with Crippen LogP contribution in [-0.2, 0) is 10.3 Å².